The summed E-state index contributed by atoms with van der Waals surface area (Å²) in [5.41, 5.74) is 0.982. The van der Waals surface area contributed by atoms with Crippen LogP contribution in [0.25, 0.3) is 0 Å². The van der Waals surface area contributed by atoms with Crippen molar-refractivity contribution in [3.8, 4) is 0 Å². The summed E-state index contributed by atoms with van der Waals surface area (Å²) in [5.74, 6) is 0.118. The molecule has 2 rings (SSSR count). The Hall–Kier alpha value is -1.02. The minimum Gasteiger partial charge on any atom is -0.353 e. The molecule has 1 fully saturated rings. The minimum absolute atomic E-state index is 0.118. The van der Waals surface area contributed by atoms with Crippen LogP contribution < -0.4 is 5.32 Å². The molecule has 0 radical (unpaired) electrons. The van der Waals surface area contributed by atoms with Gasteiger partial charge in [-0.1, -0.05) is 55.8 Å². The van der Waals surface area contributed by atoms with E-state index in [1.165, 1.54) is 32.1 Å². The average molecular weight is 280 g/mol. The Kier molecular flexibility index (Phi) is 5.71. The normalized spacial score (nSPS) is 17.5. The van der Waals surface area contributed by atoms with Crippen molar-refractivity contribution in [2.45, 2.75) is 57.4 Å². The van der Waals surface area contributed by atoms with Gasteiger partial charge in [-0.3, -0.25) is 4.79 Å². The molecule has 1 aromatic carbocycles. The highest BCUT2D eigenvalue weighted by molar-refractivity contribution is 6.30. The van der Waals surface area contributed by atoms with Crippen molar-refractivity contribution >= 4 is 17.5 Å². The number of nitrogens with one attached hydrogen (secondary N) is 1. The third-order valence-corrected chi connectivity index (χ3v) is 3.96. The van der Waals surface area contributed by atoms with Gasteiger partial charge in [-0.25, -0.2) is 0 Å². The second kappa shape index (κ2) is 7.54. The van der Waals surface area contributed by atoms with Crippen LogP contribution >= 0.6 is 11.6 Å². The third-order valence-electron chi connectivity index (χ3n) is 3.72. The molecule has 1 saturated carbocycles. The first-order valence-corrected chi connectivity index (χ1v) is 7.65. The van der Waals surface area contributed by atoms with Crippen LogP contribution in [0.2, 0.25) is 5.02 Å². The number of hydrogen-bond acceptors (Lipinski definition) is 1. The van der Waals surface area contributed by atoms with Crippen LogP contribution in [0, 0.1) is 0 Å². The summed E-state index contributed by atoms with van der Waals surface area (Å²) in [5, 5.41) is 3.86. The quantitative estimate of drug-likeness (QED) is 0.886. The van der Waals surface area contributed by atoms with Crippen LogP contribution in [0.15, 0.2) is 24.3 Å². The van der Waals surface area contributed by atoms with Gasteiger partial charge in [-0.05, 0) is 30.5 Å². The lowest BCUT2D eigenvalue weighted by Crippen LogP contribution is -2.36. The number of benzene rings is 1. The van der Waals surface area contributed by atoms with Crippen molar-refractivity contribution < 1.29 is 4.79 Å². The lowest BCUT2D eigenvalue weighted by Gasteiger charge is -2.21. The summed E-state index contributed by atoms with van der Waals surface area (Å²) < 4.78 is 0. The lowest BCUT2D eigenvalue weighted by atomic mass is 9.96. The molecule has 0 heterocycles. The standard InChI is InChI=1S/C16H22ClNO/c17-14-8-6-7-13(11-14)12-16(19)18-15-9-4-2-1-3-5-10-15/h6-8,11,15H,1-5,9-10,12H2,(H,18,19). The molecule has 0 aromatic heterocycles. The van der Waals surface area contributed by atoms with Gasteiger partial charge in [0.25, 0.3) is 0 Å². The fourth-order valence-electron chi connectivity index (χ4n) is 2.71. The van der Waals surface area contributed by atoms with Crippen molar-refractivity contribution in [1.29, 1.82) is 0 Å². The third kappa shape index (κ3) is 5.23. The van der Waals surface area contributed by atoms with Crippen molar-refractivity contribution in [1.82, 2.24) is 5.32 Å². The summed E-state index contributed by atoms with van der Waals surface area (Å²) in [6, 6.07) is 7.90. The average Bonchev–Trinajstić information content (AvgIpc) is 2.32. The van der Waals surface area contributed by atoms with Gasteiger partial charge in [0, 0.05) is 11.1 Å². The van der Waals surface area contributed by atoms with Crippen LogP contribution in [-0.4, -0.2) is 11.9 Å². The molecule has 1 aliphatic carbocycles. The molecule has 0 aliphatic heterocycles. The lowest BCUT2D eigenvalue weighted by molar-refractivity contribution is -0.121. The number of carbonyl (C=O) groups is 1. The first-order valence-electron chi connectivity index (χ1n) is 7.28. The monoisotopic (exact) mass is 279 g/mol. The predicted octanol–water partition coefficient (Wildman–Crippen LogP) is 4.11. The van der Waals surface area contributed by atoms with Crippen LogP contribution in [0.5, 0.6) is 0 Å². The van der Waals surface area contributed by atoms with Gasteiger partial charge < -0.3 is 5.32 Å². The molecule has 0 bridgehead atoms. The summed E-state index contributed by atoms with van der Waals surface area (Å²) in [7, 11) is 0. The van der Waals surface area contributed by atoms with E-state index in [1.807, 2.05) is 24.3 Å². The summed E-state index contributed by atoms with van der Waals surface area (Å²) in [4.78, 5) is 12.0. The van der Waals surface area contributed by atoms with Gasteiger partial charge in [0.2, 0.25) is 5.91 Å². The first-order chi connectivity index (χ1) is 9.24. The zero-order valence-corrected chi connectivity index (χ0v) is 12.1. The topological polar surface area (TPSA) is 29.1 Å². The molecule has 2 nitrogen and oxygen atoms in total. The zero-order chi connectivity index (χ0) is 13.5. The van der Waals surface area contributed by atoms with Gasteiger partial charge in [0.15, 0.2) is 0 Å². The Bertz CT molecular complexity index is 411. The molecule has 0 atom stereocenters. The molecule has 1 aliphatic rings. The van der Waals surface area contributed by atoms with E-state index in [9.17, 15) is 4.79 Å². The van der Waals surface area contributed by atoms with E-state index in [2.05, 4.69) is 5.32 Å². The minimum atomic E-state index is 0.118. The van der Waals surface area contributed by atoms with Crippen LogP contribution in [0.4, 0.5) is 0 Å². The van der Waals surface area contributed by atoms with E-state index in [0.717, 1.165) is 18.4 Å². The van der Waals surface area contributed by atoms with Gasteiger partial charge in [0.05, 0.1) is 6.42 Å². The largest absolute Gasteiger partial charge is 0.353 e. The van der Waals surface area contributed by atoms with E-state index >= 15 is 0 Å². The fraction of sp³-hybridized carbons (Fsp3) is 0.562. The molecule has 1 aromatic rings. The van der Waals surface area contributed by atoms with Crippen molar-refractivity contribution in [3.63, 3.8) is 0 Å². The first kappa shape index (κ1) is 14.4. The maximum atomic E-state index is 12.0. The maximum Gasteiger partial charge on any atom is 0.224 e. The Labute approximate surface area is 120 Å². The highest BCUT2D eigenvalue weighted by atomic mass is 35.5. The highest BCUT2D eigenvalue weighted by Gasteiger charge is 2.14. The number of rotatable bonds is 3. The van der Waals surface area contributed by atoms with Gasteiger partial charge in [-0.15, -0.1) is 0 Å². The highest BCUT2D eigenvalue weighted by Crippen LogP contribution is 2.17. The number of amides is 1. The molecule has 104 valence electrons. The number of carbonyl (C=O) groups excluding carboxylic acids is 1. The molecule has 19 heavy (non-hydrogen) atoms. The fourth-order valence-corrected chi connectivity index (χ4v) is 2.92. The van der Waals surface area contributed by atoms with E-state index in [0.29, 0.717) is 17.5 Å². The maximum absolute atomic E-state index is 12.0. The van der Waals surface area contributed by atoms with E-state index in [4.69, 9.17) is 11.6 Å². The SMILES string of the molecule is O=C(Cc1cccc(Cl)c1)NC1CCCCCCC1. The van der Waals surface area contributed by atoms with Crippen molar-refractivity contribution in [3.05, 3.63) is 34.9 Å². The summed E-state index contributed by atoms with van der Waals surface area (Å²) >= 11 is 5.93. The molecule has 1 amide bonds. The van der Waals surface area contributed by atoms with E-state index in [-0.39, 0.29) is 5.91 Å². The molecular formula is C16H22ClNO. The van der Waals surface area contributed by atoms with E-state index in [1.54, 1.807) is 0 Å². The molecule has 0 unspecified atom stereocenters. The molecular weight excluding hydrogens is 258 g/mol. The second-order valence-corrected chi connectivity index (χ2v) is 5.85. The molecule has 3 heteroatoms. The predicted molar refractivity (Wildman–Crippen MR) is 79.4 cm³/mol. The van der Waals surface area contributed by atoms with Crippen molar-refractivity contribution in [2.24, 2.45) is 0 Å². The Morgan fingerprint density at radius 1 is 1.16 bits per heavy atom. The van der Waals surface area contributed by atoms with Gasteiger partial charge >= 0.3 is 0 Å². The molecule has 0 spiro atoms. The number of hydrogen-bond donors (Lipinski definition) is 1. The van der Waals surface area contributed by atoms with Crippen LogP contribution in [0.3, 0.4) is 0 Å². The zero-order valence-electron chi connectivity index (χ0n) is 11.3. The van der Waals surface area contributed by atoms with Gasteiger partial charge in [-0.2, -0.15) is 0 Å². The van der Waals surface area contributed by atoms with Crippen LogP contribution in [-0.2, 0) is 11.2 Å². The Morgan fingerprint density at radius 2 is 1.84 bits per heavy atom. The van der Waals surface area contributed by atoms with Gasteiger partial charge in [0.1, 0.15) is 0 Å². The second-order valence-electron chi connectivity index (χ2n) is 5.42. The Balaban J connectivity index is 1.82. The van der Waals surface area contributed by atoms with E-state index < -0.39 is 0 Å². The summed E-state index contributed by atoms with van der Waals surface area (Å²) in [6.07, 6.45) is 9.12. The van der Waals surface area contributed by atoms with Crippen LogP contribution in [0.1, 0.15) is 50.5 Å². The van der Waals surface area contributed by atoms with Crippen molar-refractivity contribution in [2.75, 3.05) is 0 Å². The molecule has 1 N–H and O–H groups in total. The molecule has 0 saturated heterocycles. The summed E-state index contributed by atoms with van der Waals surface area (Å²) in [6.45, 7) is 0. The smallest absolute Gasteiger partial charge is 0.224 e. The Morgan fingerprint density at radius 3 is 2.53 bits per heavy atom. The number of halogens is 1.